The van der Waals surface area contributed by atoms with E-state index in [-0.39, 0.29) is 11.2 Å². The van der Waals surface area contributed by atoms with Gasteiger partial charge in [0.2, 0.25) is 10.0 Å². The third kappa shape index (κ3) is 4.91. The Kier molecular flexibility index (Phi) is 4.95. The van der Waals surface area contributed by atoms with Crippen LogP contribution in [0, 0.1) is 5.41 Å². The van der Waals surface area contributed by atoms with E-state index in [1.54, 1.807) is 4.31 Å². The maximum Gasteiger partial charge on any atom is 0.215 e. The summed E-state index contributed by atoms with van der Waals surface area (Å²) in [4.78, 5) is 2.01. The average Bonchev–Trinajstić information content (AvgIpc) is 2.17. The standard InChI is InChI=1S/C11H25N3O2S/c1-11(2)9-12-5-8-17(15,16)14(10-11)7-6-13(3)4/h12H,5-10H2,1-4H3. The number of hydrogen-bond donors (Lipinski definition) is 1. The van der Waals surface area contributed by atoms with Gasteiger partial charge in [-0.1, -0.05) is 13.8 Å². The van der Waals surface area contributed by atoms with Crippen molar-refractivity contribution in [3.8, 4) is 0 Å². The molecule has 0 bridgehead atoms. The summed E-state index contributed by atoms with van der Waals surface area (Å²) >= 11 is 0. The smallest absolute Gasteiger partial charge is 0.215 e. The molecule has 1 N–H and O–H groups in total. The molecule has 1 rings (SSSR count). The maximum atomic E-state index is 12.1. The van der Waals surface area contributed by atoms with E-state index >= 15 is 0 Å². The van der Waals surface area contributed by atoms with Crippen LogP contribution in [0.3, 0.4) is 0 Å². The second-order valence-corrected chi connectivity index (χ2v) is 7.88. The van der Waals surface area contributed by atoms with E-state index in [9.17, 15) is 8.42 Å². The molecule has 0 aromatic heterocycles. The lowest BCUT2D eigenvalue weighted by Crippen LogP contribution is -2.50. The van der Waals surface area contributed by atoms with Crippen molar-refractivity contribution in [3.63, 3.8) is 0 Å². The van der Waals surface area contributed by atoms with Crippen LogP contribution in [-0.2, 0) is 10.0 Å². The normalized spacial score (nSPS) is 25.5. The lowest BCUT2D eigenvalue weighted by molar-refractivity contribution is 0.230. The molecule has 0 aliphatic carbocycles. The van der Waals surface area contributed by atoms with Gasteiger partial charge in [0.15, 0.2) is 0 Å². The Morgan fingerprint density at radius 3 is 2.59 bits per heavy atom. The van der Waals surface area contributed by atoms with Crippen LogP contribution in [0.4, 0.5) is 0 Å². The Hall–Kier alpha value is -0.170. The molecule has 0 spiro atoms. The molecule has 5 nitrogen and oxygen atoms in total. The second-order valence-electron chi connectivity index (χ2n) is 5.79. The van der Waals surface area contributed by atoms with Gasteiger partial charge >= 0.3 is 0 Å². The highest BCUT2D eigenvalue weighted by Crippen LogP contribution is 2.19. The zero-order valence-electron chi connectivity index (χ0n) is 11.4. The molecule has 0 aromatic rings. The van der Waals surface area contributed by atoms with E-state index in [0.29, 0.717) is 19.6 Å². The molecule has 0 saturated carbocycles. The van der Waals surface area contributed by atoms with Crippen LogP contribution in [0.2, 0.25) is 0 Å². The van der Waals surface area contributed by atoms with Gasteiger partial charge in [-0.15, -0.1) is 0 Å². The van der Waals surface area contributed by atoms with Crippen LogP contribution >= 0.6 is 0 Å². The second kappa shape index (κ2) is 5.65. The van der Waals surface area contributed by atoms with Crippen LogP contribution in [0.25, 0.3) is 0 Å². The molecule has 1 fully saturated rings. The predicted octanol–water partition coefficient (Wildman–Crippen LogP) is -0.191. The van der Waals surface area contributed by atoms with Crippen molar-refractivity contribution in [2.75, 3.05) is 52.6 Å². The van der Waals surface area contributed by atoms with Crippen molar-refractivity contribution in [1.29, 1.82) is 0 Å². The summed E-state index contributed by atoms with van der Waals surface area (Å²) in [6, 6.07) is 0. The molecule has 102 valence electrons. The monoisotopic (exact) mass is 263 g/mol. The van der Waals surface area contributed by atoms with Crippen LogP contribution in [-0.4, -0.2) is 70.2 Å². The van der Waals surface area contributed by atoms with Gasteiger partial charge in [-0.25, -0.2) is 12.7 Å². The Bertz CT molecular complexity index is 339. The zero-order valence-corrected chi connectivity index (χ0v) is 12.2. The van der Waals surface area contributed by atoms with Gasteiger partial charge in [-0.3, -0.25) is 0 Å². The highest BCUT2D eigenvalue weighted by molar-refractivity contribution is 7.89. The van der Waals surface area contributed by atoms with E-state index in [2.05, 4.69) is 19.2 Å². The molecule has 0 radical (unpaired) electrons. The summed E-state index contributed by atoms with van der Waals surface area (Å²) in [5.74, 6) is 0.205. The number of rotatable bonds is 3. The highest BCUT2D eigenvalue weighted by Gasteiger charge is 2.31. The molecule has 0 atom stereocenters. The summed E-state index contributed by atoms with van der Waals surface area (Å²) < 4.78 is 25.9. The molecule has 0 unspecified atom stereocenters. The van der Waals surface area contributed by atoms with Gasteiger partial charge in [-0.2, -0.15) is 0 Å². The molecule has 1 aliphatic heterocycles. The molecular formula is C11H25N3O2S. The minimum atomic E-state index is -3.11. The third-order valence-corrected chi connectivity index (χ3v) is 4.75. The van der Waals surface area contributed by atoms with Gasteiger partial charge in [0.25, 0.3) is 0 Å². The molecule has 0 amide bonds. The van der Waals surface area contributed by atoms with Crippen molar-refractivity contribution in [1.82, 2.24) is 14.5 Å². The first-order chi connectivity index (χ1) is 7.73. The zero-order chi connectivity index (χ0) is 13.1. The van der Waals surface area contributed by atoms with Gasteiger partial charge < -0.3 is 10.2 Å². The SMILES string of the molecule is CN(C)CCN1CC(C)(C)CNCCS1(=O)=O. The summed E-state index contributed by atoms with van der Waals surface area (Å²) in [6.45, 7) is 7.55. The predicted molar refractivity (Wildman–Crippen MR) is 70.6 cm³/mol. The average molecular weight is 263 g/mol. The fourth-order valence-electron chi connectivity index (χ4n) is 1.92. The van der Waals surface area contributed by atoms with Gasteiger partial charge in [-0.05, 0) is 19.5 Å². The maximum absolute atomic E-state index is 12.1. The van der Waals surface area contributed by atoms with Crippen molar-refractivity contribution in [2.45, 2.75) is 13.8 Å². The lowest BCUT2D eigenvalue weighted by Gasteiger charge is -2.35. The van der Waals surface area contributed by atoms with Gasteiger partial charge in [0.05, 0.1) is 5.75 Å². The van der Waals surface area contributed by atoms with Gasteiger partial charge in [0, 0.05) is 32.7 Å². The van der Waals surface area contributed by atoms with Crippen LogP contribution < -0.4 is 5.32 Å². The quantitative estimate of drug-likeness (QED) is 0.767. The first-order valence-electron chi connectivity index (χ1n) is 6.06. The summed E-state index contributed by atoms with van der Waals surface area (Å²) in [6.07, 6.45) is 0. The Labute approximate surface area is 105 Å². The van der Waals surface area contributed by atoms with Gasteiger partial charge in [0.1, 0.15) is 0 Å². The van der Waals surface area contributed by atoms with Crippen molar-refractivity contribution in [2.24, 2.45) is 5.41 Å². The Morgan fingerprint density at radius 1 is 1.35 bits per heavy atom. The summed E-state index contributed by atoms with van der Waals surface area (Å²) in [5.41, 5.74) is -0.0141. The molecule has 1 aliphatic rings. The number of likely N-dealkylation sites (N-methyl/N-ethyl adjacent to an activating group) is 1. The minimum absolute atomic E-state index is 0.0141. The largest absolute Gasteiger partial charge is 0.315 e. The third-order valence-electron chi connectivity index (χ3n) is 2.93. The summed E-state index contributed by atoms with van der Waals surface area (Å²) in [5, 5.41) is 3.20. The van der Waals surface area contributed by atoms with Crippen LogP contribution in [0.5, 0.6) is 0 Å². The Morgan fingerprint density at radius 2 is 2.00 bits per heavy atom. The highest BCUT2D eigenvalue weighted by atomic mass is 32.2. The molecule has 0 aromatic carbocycles. The number of hydrogen-bond acceptors (Lipinski definition) is 4. The molecule has 6 heteroatoms. The van der Waals surface area contributed by atoms with Crippen LogP contribution in [0.15, 0.2) is 0 Å². The minimum Gasteiger partial charge on any atom is -0.315 e. The first-order valence-corrected chi connectivity index (χ1v) is 7.67. The number of sulfonamides is 1. The summed E-state index contributed by atoms with van der Waals surface area (Å²) in [7, 11) is 0.817. The first kappa shape index (κ1) is 14.9. The van der Waals surface area contributed by atoms with E-state index in [1.165, 1.54) is 0 Å². The molecule has 1 heterocycles. The number of nitrogens with one attached hydrogen (secondary N) is 1. The van der Waals surface area contributed by atoms with Crippen molar-refractivity contribution < 1.29 is 8.42 Å². The topological polar surface area (TPSA) is 52.6 Å². The van der Waals surface area contributed by atoms with Crippen molar-refractivity contribution >= 4 is 10.0 Å². The number of nitrogens with zero attached hydrogens (tertiary/aromatic N) is 2. The molecule has 17 heavy (non-hydrogen) atoms. The molecular weight excluding hydrogens is 238 g/mol. The van der Waals surface area contributed by atoms with Crippen LogP contribution in [0.1, 0.15) is 13.8 Å². The fourth-order valence-corrected chi connectivity index (χ4v) is 3.48. The van der Waals surface area contributed by atoms with E-state index in [0.717, 1.165) is 13.1 Å². The molecule has 1 saturated heterocycles. The fraction of sp³-hybridized carbons (Fsp3) is 1.00. The van der Waals surface area contributed by atoms with Crippen molar-refractivity contribution in [3.05, 3.63) is 0 Å². The lowest BCUT2D eigenvalue weighted by atomic mass is 9.93. The van der Waals surface area contributed by atoms with E-state index < -0.39 is 10.0 Å². The Balaban J connectivity index is 2.77. The van der Waals surface area contributed by atoms with E-state index in [4.69, 9.17) is 0 Å². The van der Waals surface area contributed by atoms with E-state index in [1.807, 2.05) is 19.0 Å².